The Morgan fingerprint density at radius 2 is 2.38 bits per heavy atom. The SMILES string of the molecule is COc1cc(-n2cnnn2)ccc1NC=O. The summed E-state index contributed by atoms with van der Waals surface area (Å²) in [6, 6.07) is 5.21. The van der Waals surface area contributed by atoms with Crippen LogP contribution in [0.1, 0.15) is 0 Å². The van der Waals surface area contributed by atoms with Crippen LogP contribution < -0.4 is 10.1 Å². The number of amides is 1. The largest absolute Gasteiger partial charge is 0.494 e. The Hall–Kier alpha value is -2.44. The second-order valence-electron chi connectivity index (χ2n) is 2.90. The van der Waals surface area contributed by atoms with Gasteiger partial charge in [-0.15, -0.1) is 5.10 Å². The Bertz CT molecular complexity index is 483. The van der Waals surface area contributed by atoms with Gasteiger partial charge in [-0.1, -0.05) is 0 Å². The van der Waals surface area contributed by atoms with Gasteiger partial charge >= 0.3 is 0 Å². The molecule has 1 aromatic heterocycles. The zero-order chi connectivity index (χ0) is 11.4. The number of ether oxygens (including phenoxy) is 1. The van der Waals surface area contributed by atoms with E-state index in [1.165, 1.54) is 18.1 Å². The summed E-state index contributed by atoms with van der Waals surface area (Å²) >= 11 is 0. The first-order valence-corrected chi connectivity index (χ1v) is 4.46. The smallest absolute Gasteiger partial charge is 0.211 e. The second-order valence-corrected chi connectivity index (χ2v) is 2.90. The van der Waals surface area contributed by atoms with Crippen molar-refractivity contribution in [1.82, 2.24) is 20.2 Å². The molecule has 1 amide bonds. The number of rotatable bonds is 4. The molecule has 2 rings (SSSR count). The summed E-state index contributed by atoms with van der Waals surface area (Å²) in [5.41, 5.74) is 1.34. The maximum atomic E-state index is 10.4. The molecule has 1 aromatic carbocycles. The van der Waals surface area contributed by atoms with Gasteiger partial charge < -0.3 is 10.1 Å². The number of methoxy groups -OCH3 is 1. The first-order chi connectivity index (χ1) is 7.85. The molecule has 0 fully saturated rings. The molecule has 0 atom stereocenters. The van der Waals surface area contributed by atoms with Gasteiger partial charge in [-0.2, -0.15) is 0 Å². The minimum atomic E-state index is 0.542. The Labute approximate surface area is 91.0 Å². The van der Waals surface area contributed by atoms with Crippen molar-refractivity contribution >= 4 is 12.1 Å². The molecule has 1 N–H and O–H groups in total. The van der Waals surface area contributed by atoms with E-state index in [1.54, 1.807) is 18.2 Å². The highest BCUT2D eigenvalue weighted by molar-refractivity contribution is 5.76. The van der Waals surface area contributed by atoms with Crippen molar-refractivity contribution < 1.29 is 9.53 Å². The summed E-state index contributed by atoms with van der Waals surface area (Å²) in [5, 5.41) is 13.3. The quantitative estimate of drug-likeness (QED) is 0.745. The molecule has 0 aliphatic rings. The Kier molecular flexibility index (Phi) is 2.77. The molecule has 7 nitrogen and oxygen atoms in total. The first kappa shape index (κ1) is 10.1. The number of nitrogens with one attached hydrogen (secondary N) is 1. The fourth-order valence-electron chi connectivity index (χ4n) is 1.28. The zero-order valence-corrected chi connectivity index (χ0v) is 8.49. The summed E-state index contributed by atoms with van der Waals surface area (Å²) in [6.07, 6.45) is 2.07. The molecule has 0 saturated heterocycles. The number of nitrogens with zero attached hydrogens (tertiary/aromatic N) is 4. The van der Waals surface area contributed by atoms with Crippen molar-refractivity contribution in [2.45, 2.75) is 0 Å². The molecule has 16 heavy (non-hydrogen) atoms. The number of tetrazole rings is 1. The van der Waals surface area contributed by atoms with Gasteiger partial charge in [-0.3, -0.25) is 4.79 Å². The highest BCUT2D eigenvalue weighted by atomic mass is 16.5. The number of aromatic nitrogens is 4. The molecular formula is C9H9N5O2. The second kappa shape index (κ2) is 4.39. The predicted molar refractivity (Wildman–Crippen MR) is 55.4 cm³/mol. The summed E-state index contributed by atoms with van der Waals surface area (Å²) in [5.74, 6) is 0.542. The lowest BCUT2D eigenvalue weighted by molar-refractivity contribution is -0.105. The maximum Gasteiger partial charge on any atom is 0.211 e. The number of benzene rings is 1. The van der Waals surface area contributed by atoms with Crippen LogP contribution in [0.5, 0.6) is 5.75 Å². The van der Waals surface area contributed by atoms with Crippen LogP contribution in [0.15, 0.2) is 24.5 Å². The van der Waals surface area contributed by atoms with Crippen molar-refractivity contribution in [3.05, 3.63) is 24.5 Å². The summed E-state index contributed by atoms with van der Waals surface area (Å²) in [6.45, 7) is 0. The monoisotopic (exact) mass is 219 g/mol. The van der Waals surface area contributed by atoms with Crippen LogP contribution in [0, 0.1) is 0 Å². The number of anilines is 1. The van der Waals surface area contributed by atoms with E-state index in [2.05, 4.69) is 20.8 Å². The van der Waals surface area contributed by atoms with Crippen LogP contribution in [0.3, 0.4) is 0 Å². The highest BCUT2D eigenvalue weighted by Gasteiger charge is 2.05. The Balaban J connectivity index is 2.40. The summed E-state index contributed by atoms with van der Waals surface area (Å²) in [7, 11) is 1.52. The minimum absolute atomic E-state index is 0.542. The molecule has 0 unspecified atom stereocenters. The van der Waals surface area contributed by atoms with Gasteiger partial charge in [0.25, 0.3) is 0 Å². The van der Waals surface area contributed by atoms with Crippen LogP contribution in [0.2, 0.25) is 0 Å². The average molecular weight is 219 g/mol. The summed E-state index contributed by atoms with van der Waals surface area (Å²) in [4.78, 5) is 10.4. The minimum Gasteiger partial charge on any atom is -0.494 e. The molecule has 0 aliphatic carbocycles. The van der Waals surface area contributed by atoms with Crippen LogP contribution >= 0.6 is 0 Å². The van der Waals surface area contributed by atoms with Gasteiger partial charge in [0.05, 0.1) is 18.5 Å². The topological polar surface area (TPSA) is 81.9 Å². The third-order valence-corrected chi connectivity index (χ3v) is 2.01. The molecule has 7 heteroatoms. The Morgan fingerprint density at radius 1 is 1.50 bits per heavy atom. The molecule has 1 heterocycles. The molecule has 0 radical (unpaired) electrons. The lowest BCUT2D eigenvalue weighted by atomic mass is 10.2. The van der Waals surface area contributed by atoms with E-state index in [0.29, 0.717) is 17.8 Å². The van der Waals surface area contributed by atoms with Crippen LogP contribution in [0.4, 0.5) is 5.69 Å². The molecule has 2 aromatic rings. The third kappa shape index (κ3) is 1.83. The van der Waals surface area contributed by atoms with E-state index < -0.39 is 0 Å². The van der Waals surface area contributed by atoms with Crippen molar-refractivity contribution in [3.63, 3.8) is 0 Å². The van der Waals surface area contributed by atoms with E-state index >= 15 is 0 Å². The van der Waals surface area contributed by atoms with Gasteiger partial charge in [-0.05, 0) is 22.6 Å². The predicted octanol–water partition coefficient (Wildman–Crippen LogP) is 0.239. The average Bonchev–Trinajstić information content (AvgIpc) is 2.83. The van der Waals surface area contributed by atoms with Crippen molar-refractivity contribution in [2.24, 2.45) is 0 Å². The standard InChI is InChI=1S/C9H9N5O2/c1-16-9-4-7(14-5-11-12-13-14)2-3-8(9)10-6-15/h2-6H,1H3,(H,10,15). The van der Waals surface area contributed by atoms with Crippen molar-refractivity contribution in [1.29, 1.82) is 0 Å². The highest BCUT2D eigenvalue weighted by Crippen LogP contribution is 2.26. The lowest BCUT2D eigenvalue weighted by Crippen LogP contribution is -2.00. The number of carbonyl (C=O) groups is 1. The number of hydrogen-bond donors (Lipinski definition) is 1. The molecule has 0 spiro atoms. The lowest BCUT2D eigenvalue weighted by Gasteiger charge is -2.08. The van der Waals surface area contributed by atoms with Crippen LogP contribution in [-0.2, 0) is 4.79 Å². The van der Waals surface area contributed by atoms with Gasteiger partial charge in [0.1, 0.15) is 12.1 Å². The van der Waals surface area contributed by atoms with Crippen molar-refractivity contribution in [2.75, 3.05) is 12.4 Å². The fraction of sp³-hybridized carbons (Fsp3) is 0.111. The normalized spacial score (nSPS) is 9.81. The third-order valence-electron chi connectivity index (χ3n) is 2.01. The zero-order valence-electron chi connectivity index (χ0n) is 8.49. The van der Waals surface area contributed by atoms with Gasteiger partial charge in [0.15, 0.2) is 0 Å². The van der Waals surface area contributed by atoms with E-state index in [-0.39, 0.29) is 0 Å². The van der Waals surface area contributed by atoms with Crippen molar-refractivity contribution in [3.8, 4) is 11.4 Å². The maximum absolute atomic E-state index is 10.4. The van der Waals surface area contributed by atoms with Gasteiger partial charge in [0.2, 0.25) is 6.41 Å². The van der Waals surface area contributed by atoms with Crippen LogP contribution in [0.25, 0.3) is 5.69 Å². The molecule has 82 valence electrons. The molecular weight excluding hydrogens is 210 g/mol. The van der Waals surface area contributed by atoms with E-state index in [4.69, 9.17) is 4.74 Å². The summed E-state index contributed by atoms with van der Waals surface area (Å²) < 4.78 is 6.63. The molecule has 0 bridgehead atoms. The fourth-order valence-corrected chi connectivity index (χ4v) is 1.28. The Morgan fingerprint density at radius 3 is 3.00 bits per heavy atom. The van der Waals surface area contributed by atoms with Gasteiger partial charge in [-0.25, -0.2) is 4.68 Å². The number of hydrogen-bond acceptors (Lipinski definition) is 5. The van der Waals surface area contributed by atoms with Crippen LogP contribution in [-0.4, -0.2) is 33.7 Å². The molecule has 0 aliphatic heterocycles. The van der Waals surface area contributed by atoms with E-state index in [1.807, 2.05) is 0 Å². The number of carbonyl (C=O) groups excluding carboxylic acids is 1. The van der Waals surface area contributed by atoms with E-state index in [9.17, 15) is 4.79 Å². The van der Waals surface area contributed by atoms with Gasteiger partial charge in [0, 0.05) is 6.07 Å². The first-order valence-electron chi connectivity index (χ1n) is 4.46. The molecule has 0 saturated carbocycles. The van der Waals surface area contributed by atoms with E-state index in [0.717, 1.165) is 5.69 Å².